The van der Waals surface area contributed by atoms with Crippen molar-refractivity contribution in [2.24, 2.45) is 0 Å². The standard InChI is InChI=1S/C19H19FN4O3S/c20-16-5-3-6-17(12-16)28(26,27)23-10-8-22(9-11-23)14-24-19(25)18-7-2-1-4-15(18)13-21-24/h1-7,12-13H,8-11,14H2. The van der Waals surface area contributed by atoms with E-state index in [0.717, 1.165) is 11.5 Å². The summed E-state index contributed by atoms with van der Waals surface area (Å²) in [5, 5.41) is 5.60. The van der Waals surface area contributed by atoms with Crippen molar-refractivity contribution in [3.8, 4) is 0 Å². The van der Waals surface area contributed by atoms with Crippen LogP contribution in [-0.2, 0) is 16.7 Å². The lowest BCUT2D eigenvalue weighted by atomic mass is 10.2. The Balaban J connectivity index is 1.46. The first kappa shape index (κ1) is 18.7. The Hall–Kier alpha value is -2.62. The summed E-state index contributed by atoms with van der Waals surface area (Å²) in [6.45, 7) is 1.73. The molecule has 0 bridgehead atoms. The molecule has 0 atom stereocenters. The van der Waals surface area contributed by atoms with Crippen molar-refractivity contribution < 1.29 is 12.8 Å². The SMILES string of the molecule is O=c1c2ccccc2cnn1CN1CCN(S(=O)(=O)c2cccc(F)c2)CC1. The molecule has 2 heterocycles. The molecule has 9 heteroatoms. The fraction of sp³-hybridized carbons (Fsp3) is 0.263. The van der Waals surface area contributed by atoms with Gasteiger partial charge in [-0.15, -0.1) is 0 Å². The minimum Gasteiger partial charge on any atom is -0.282 e. The summed E-state index contributed by atoms with van der Waals surface area (Å²) in [5.41, 5.74) is -0.173. The zero-order valence-corrected chi connectivity index (χ0v) is 15.8. The number of halogens is 1. The van der Waals surface area contributed by atoms with Crippen molar-refractivity contribution in [1.29, 1.82) is 0 Å². The molecule has 0 radical (unpaired) electrons. The van der Waals surface area contributed by atoms with Crippen LogP contribution in [0, 0.1) is 5.82 Å². The smallest absolute Gasteiger partial charge is 0.275 e. The predicted molar refractivity (Wildman–Crippen MR) is 103 cm³/mol. The van der Waals surface area contributed by atoms with Gasteiger partial charge in [-0.1, -0.05) is 24.3 Å². The molecule has 0 saturated carbocycles. The molecule has 146 valence electrons. The minimum atomic E-state index is -3.74. The van der Waals surface area contributed by atoms with E-state index < -0.39 is 15.8 Å². The highest BCUT2D eigenvalue weighted by Gasteiger charge is 2.29. The second kappa shape index (κ2) is 7.42. The van der Waals surface area contributed by atoms with Crippen LogP contribution in [0.25, 0.3) is 10.8 Å². The number of hydrogen-bond acceptors (Lipinski definition) is 5. The third kappa shape index (κ3) is 3.56. The molecule has 1 aliphatic rings. The first-order chi connectivity index (χ1) is 13.4. The molecule has 0 spiro atoms. The highest BCUT2D eigenvalue weighted by molar-refractivity contribution is 7.89. The Labute approximate surface area is 161 Å². The van der Waals surface area contributed by atoms with Gasteiger partial charge in [0.25, 0.3) is 5.56 Å². The zero-order valence-electron chi connectivity index (χ0n) is 15.0. The summed E-state index contributed by atoms with van der Waals surface area (Å²) in [7, 11) is -3.74. The van der Waals surface area contributed by atoms with Crippen molar-refractivity contribution in [3.63, 3.8) is 0 Å². The largest absolute Gasteiger partial charge is 0.282 e. The summed E-state index contributed by atoms with van der Waals surface area (Å²) in [4.78, 5) is 14.5. The van der Waals surface area contributed by atoms with Gasteiger partial charge in [0.1, 0.15) is 5.82 Å². The second-order valence-corrected chi connectivity index (χ2v) is 8.60. The van der Waals surface area contributed by atoms with Crippen LogP contribution in [0.1, 0.15) is 0 Å². The van der Waals surface area contributed by atoms with E-state index in [2.05, 4.69) is 5.10 Å². The van der Waals surface area contributed by atoms with Crippen LogP contribution in [-0.4, -0.2) is 53.6 Å². The quantitative estimate of drug-likeness (QED) is 0.661. The van der Waals surface area contributed by atoms with E-state index in [1.807, 2.05) is 23.1 Å². The Bertz CT molecular complexity index is 1170. The molecule has 0 N–H and O–H groups in total. The van der Waals surface area contributed by atoms with Crippen LogP contribution in [0.15, 0.2) is 64.4 Å². The van der Waals surface area contributed by atoms with Gasteiger partial charge in [0.2, 0.25) is 10.0 Å². The summed E-state index contributed by atoms with van der Waals surface area (Å²) < 4.78 is 41.5. The number of piperazine rings is 1. The summed E-state index contributed by atoms with van der Waals surface area (Å²) >= 11 is 0. The molecular weight excluding hydrogens is 383 g/mol. The highest BCUT2D eigenvalue weighted by atomic mass is 32.2. The lowest BCUT2D eigenvalue weighted by Crippen LogP contribution is -2.49. The molecule has 0 amide bonds. The molecule has 1 saturated heterocycles. The minimum absolute atomic E-state index is 0.0478. The van der Waals surface area contributed by atoms with Gasteiger partial charge in [-0.2, -0.15) is 9.40 Å². The number of rotatable bonds is 4. The number of sulfonamides is 1. The first-order valence-electron chi connectivity index (χ1n) is 8.88. The Kier molecular flexibility index (Phi) is 4.96. The van der Waals surface area contributed by atoms with Crippen molar-refractivity contribution >= 4 is 20.8 Å². The van der Waals surface area contributed by atoms with Crippen LogP contribution in [0.4, 0.5) is 4.39 Å². The molecular formula is C19H19FN4O3S. The van der Waals surface area contributed by atoms with Crippen molar-refractivity contribution in [2.75, 3.05) is 26.2 Å². The number of aromatic nitrogens is 2. The lowest BCUT2D eigenvalue weighted by molar-refractivity contribution is 0.143. The van der Waals surface area contributed by atoms with Gasteiger partial charge >= 0.3 is 0 Å². The number of nitrogens with zero attached hydrogens (tertiary/aromatic N) is 4. The fourth-order valence-electron chi connectivity index (χ4n) is 3.31. The second-order valence-electron chi connectivity index (χ2n) is 6.66. The number of benzene rings is 2. The zero-order chi connectivity index (χ0) is 19.7. The van der Waals surface area contributed by atoms with E-state index in [0.29, 0.717) is 18.5 Å². The van der Waals surface area contributed by atoms with Crippen molar-refractivity contribution in [3.05, 3.63) is 70.9 Å². The van der Waals surface area contributed by atoms with Crippen molar-refractivity contribution in [2.45, 2.75) is 11.6 Å². The third-order valence-corrected chi connectivity index (χ3v) is 6.76. The van der Waals surface area contributed by atoms with Gasteiger partial charge in [-0.05, 0) is 24.3 Å². The average Bonchev–Trinajstić information content (AvgIpc) is 2.71. The maximum atomic E-state index is 13.4. The van der Waals surface area contributed by atoms with Crippen LogP contribution >= 0.6 is 0 Å². The molecule has 0 unspecified atom stereocenters. The van der Waals surface area contributed by atoms with Gasteiger partial charge in [0.05, 0.1) is 23.1 Å². The van der Waals surface area contributed by atoms with E-state index in [4.69, 9.17) is 0 Å². The average molecular weight is 402 g/mol. The van der Waals surface area contributed by atoms with E-state index in [1.165, 1.54) is 27.2 Å². The first-order valence-corrected chi connectivity index (χ1v) is 10.3. The Morgan fingerprint density at radius 2 is 1.75 bits per heavy atom. The van der Waals surface area contributed by atoms with Gasteiger partial charge in [0, 0.05) is 31.6 Å². The summed E-state index contributed by atoms with van der Waals surface area (Å²) in [6.07, 6.45) is 1.65. The molecule has 1 fully saturated rings. The van der Waals surface area contributed by atoms with Gasteiger partial charge < -0.3 is 0 Å². The van der Waals surface area contributed by atoms with Crippen molar-refractivity contribution in [1.82, 2.24) is 19.0 Å². The predicted octanol–water partition coefficient (Wildman–Crippen LogP) is 1.50. The third-order valence-electron chi connectivity index (χ3n) is 4.86. The molecule has 0 aliphatic carbocycles. The normalized spacial score (nSPS) is 16.5. The van der Waals surface area contributed by atoms with E-state index >= 15 is 0 Å². The van der Waals surface area contributed by atoms with E-state index in [-0.39, 0.29) is 30.2 Å². The van der Waals surface area contributed by atoms with Crippen LogP contribution in [0.2, 0.25) is 0 Å². The Morgan fingerprint density at radius 1 is 1.00 bits per heavy atom. The number of hydrogen-bond donors (Lipinski definition) is 0. The molecule has 3 aromatic rings. The maximum absolute atomic E-state index is 13.4. The highest BCUT2D eigenvalue weighted by Crippen LogP contribution is 2.18. The lowest BCUT2D eigenvalue weighted by Gasteiger charge is -2.33. The summed E-state index contributed by atoms with van der Waals surface area (Å²) in [6, 6.07) is 12.3. The van der Waals surface area contributed by atoms with Gasteiger partial charge in [0.15, 0.2) is 0 Å². The molecule has 1 aliphatic heterocycles. The van der Waals surface area contributed by atoms with E-state index in [1.54, 1.807) is 12.3 Å². The maximum Gasteiger partial charge on any atom is 0.275 e. The summed E-state index contributed by atoms with van der Waals surface area (Å²) in [5.74, 6) is -0.582. The number of fused-ring (bicyclic) bond motifs is 1. The fourth-order valence-corrected chi connectivity index (χ4v) is 4.76. The van der Waals surface area contributed by atoms with Gasteiger partial charge in [-0.3, -0.25) is 9.69 Å². The monoisotopic (exact) mass is 402 g/mol. The topological polar surface area (TPSA) is 75.5 Å². The molecule has 28 heavy (non-hydrogen) atoms. The van der Waals surface area contributed by atoms with Crippen LogP contribution < -0.4 is 5.56 Å². The van der Waals surface area contributed by atoms with Crippen LogP contribution in [0.5, 0.6) is 0 Å². The van der Waals surface area contributed by atoms with E-state index in [9.17, 15) is 17.6 Å². The van der Waals surface area contributed by atoms with Crippen LogP contribution in [0.3, 0.4) is 0 Å². The molecule has 2 aromatic carbocycles. The van der Waals surface area contributed by atoms with Gasteiger partial charge in [-0.25, -0.2) is 17.5 Å². The Morgan fingerprint density at radius 3 is 2.50 bits per heavy atom. The molecule has 7 nitrogen and oxygen atoms in total. The molecule has 4 rings (SSSR count). The molecule has 1 aromatic heterocycles.